The molecule has 7 nitrogen and oxygen atoms in total. The average Bonchev–Trinajstić information content (AvgIpc) is 3.27. The summed E-state index contributed by atoms with van der Waals surface area (Å²) < 4.78 is 12.4. The van der Waals surface area contributed by atoms with Crippen molar-refractivity contribution in [2.24, 2.45) is 0 Å². The number of hydrogen-bond acceptors (Lipinski definition) is 5. The zero-order chi connectivity index (χ0) is 16.1. The molecule has 2 N–H and O–H groups in total. The van der Waals surface area contributed by atoms with Crippen LogP contribution in [0.25, 0.3) is 0 Å². The number of methoxy groups -OCH3 is 1. The molecule has 2 aromatic heterocycles. The Balaban J connectivity index is 0.00000208. The van der Waals surface area contributed by atoms with Gasteiger partial charge in [-0.15, -0.1) is 12.4 Å². The first-order valence-electron chi connectivity index (χ1n) is 7.87. The second kappa shape index (κ2) is 8.86. The number of nitrogens with zero attached hydrogens (tertiary/aromatic N) is 2. The van der Waals surface area contributed by atoms with Crippen LogP contribution in [-0.4, -0.2) is 42.5 Å². The lowest BCUT2D eigenvalue weighted by atomic mass is 10.1. The maximum Gasteiger partial charge on any atom is 0.272 e. The Morgan fingerprint density at radius 2 is 2.46 bits per heavy atom. The van der Waals surface area contributed by atoms with Gasteiger partial charge in [-0.3, -0.25) is 9.48 Å². The van der Waals surface area contributed by atoms with E-state index in [2.05, 4.69) is 15.7 Å². The number of halogens is 1. The van der Waals surface area contributed by atoms with Crippen molar-refractivity contribution in [2.45, 2.75) is 24.9 Å². The zero-order valence-electron chi connectivity index (χ0n) is 13.6. The van der Waals surface area contributed by atoms with Gasteiger partial charge in [0.25, 0.3) is 5.91 Å². The Hall–Kier alpha value is -1.83. The molecule has 0 radical (unpaired) electrons. The minimum Gasteiger partial charge on any atom is -0.467 e. The summed E-state index contributed by atoms with van der Waals surface area (Å²) >= 11 is 0. The van der Waals surface area contributed by atoms with Gasteiger partial charge in [-0.1, -0.05) is 0 Å². The van der Waals surface area contributed by atoms with Crippen molar-refractivity contribution >= 4 is 18.3 Å². The minimum atomic E-state index is -0.330. The molecule has 0 aromatic carbocycles. The fourth-order valence-electron chi connectivity index (χ4n) is 2.81. The maximum absolute atomic E-state index is 12.4. The SMILES string of the molecule is COCC(NC(=O)c1ccn(C2CCCNC2)n1)c1ccco1.Cl. The summed E-state index contributed by atoms with van der Waals surface area (Å²) in [5.41, 5.74) is 0.406. The van der Waals surface area contributed by atoms with E-state index in [9.17, 15) is 4.79 Å². The molecule has 0 bridgehead atoms. The second-order valence-electron chi connectivity index (χ2n) is 5.68. The van der Waals surface area contributed by atoms with Crippen LogP contribution in [0.1, 0.15) is 41.2 Å². The van der Waals surface area contributed by atoms with Crippen LogP contribution >= 0.6 is 12.4 Å². The fraction of sp³-hybridized carbons (Fsp3) is 0.500. The van der Waals surface area contributed by atoms with Gasteiger partial charge in [0, 0.05) is 19.9 Å². The highest BCUT2D eigenvalue weighted by Gasteiger charge is 2.21. The summed E-state index contributed by atoms with van der Waals surface area (Å²) in [6.07, 6.45) is 5.65. The van der Waals surface area contributed by atoms with Crippen LogP contribution in [0.3, 0.4) is 0 Å². The molecule has 3 heterocycles. The van der Waals surface area contributed by atoms with Crippen LogP contribution in [0.2, 0.25) is 0 Å². The van der Waals surface area contributed by atoms with Gasteiger partial charge < -0.3 is 19.8 Å². The molecule has 1 aliphatic heterocycles. The highest BCUT2D eigenvalue weighted by atomic mass is 35.5. The van der Waals surface area contributed by atoms with Gasteiger partial charge in [-0.2, -0.15) is 5.10 Å². The minimum absolute atomic E-state index is 0. The number of hydrogen-bond donors (Lipinski definition) is 2. The third-order valence-corrected chi connectivity index (χ3v) is 4.01. The van der Waals surface area contributed by atoms with Gasteiger partial charge in [0.2, 0.25) is 0 Å². The Labute approximate surface area is 147 Å². The van der Waals surface area contributed by atoms with Crippen LogP contribution in [0.15, 0.2) is 35.1 Å². The van der Waals surface area contributed by atoms with Gasteiger partial charge in [-0.25, -0.2) is 0 Å². The predicted octanol–water partition coefficient (Wildman–Crippen LogP) is 1.94. The highest BCUT2D eigenvalue weighted by molar-refractivity contribution is 5.92. The summed E-state index contributed by atoms with van der Waals surface area (Å²) in [5, 5.41) is 10.7. The van der Waals surface area contributed by atoms with Gasteiger partial charge >= 0.3 is 0 Å². The fourth-order valence-corrected chi connectivity index (χ4v) is 2.81. The van der Waals surface area contributed by atoms with E-state index >= 15 is 0 Å². The lowest BCUT2D eigenvalue weighted by Gasteiger charge is -2.22. The van der Waals surface area contributed by atoms with Crippen molar-refractivity contribution in [1.29, 1.82) is 0 Å². The van der Waals surface area contributed by atoms with Crippen molar-refractivity contribution in [3.63, 3.8) is 0 Å². The Bertz CT molecular complexity index is 623. The molecular formula is C16H23ClN4O3. The number of aromatic nitrogens is 2. The molecule has 0 aliphatic carbocycles. The lowest BCUT2D eigenvalue weighted by molar-refractivity contribution is 0.0877. The van der Waals surface area contributed by atoms with E-state index in [4.69, 9.17) is 9.15 Å². The van der Waals surface area contributed by atoms with E-state index < -0.39 is 0 Å². The monoisotopic (exact) mass is 354 g/mol. The molecule has 1 aliphatic rings. The average molecular weight is 355 g/mol. The van der Waals surface area contributed by atoms with E-state index in [1.807, 2.05) is 16.9 Å². The molecule has 2 unspecified atom stereocenters. The molecule has 132 valence electrons. The number of rotatable bonds is 6. The van der Waals surface area contributed by atoms with Crippen molar-refractivity contribution in [3.05, 3.63) is 42.1 Å². The molecule has 1 amide bonds. The molecular weight excluding hydrogens is 332 g/mol. The number of furan rings is 1. The molecule has 2 aromatic rings. The van der Waals surface area contributed by atoms with Gasteiger partial charge in [-0.05, 0) is 37.6 Å². The molecule has 8 heteroatoms. The summed E-state index contributed by atoms with van der Waals surface area (Å²) in [4.78, 5) is 12.4. The zero-order valence-corrected chi connectivity index (χ0v) is 14.4. The largest absolute Gasteiger partial charge is 0.467 e. The summed E-state index contributed by atoms with van der Waals surface area (Å²) in [7, 11) is 1.59. The Morgan fingerprint density at radius 1 is 1.58 bits per heavy atom. The third kappa shape index (κ3) is 4.37. The highest BCUT2D eigenvalue weighted by Crippen LogP contribution is 2.17. The quantitative estimate of drug-likeness (QED) is 0.828. The number of amides is 1. The Kier molecular flexibility index (Phi) is 6.84. The van der Waals surface area contributed by atoms with Crippen molar-refractivity contribution in [2.75, 3.05) is 26.8 Å². The van der Waals surface area contributed by atoms with Crippen molar-refractivity contribution in [1.82, 2.24) is 20.4 Å². The third-order valence-electron chi connectivity index (χ3n) is 4.01. The molecule has 0 spiro atoms. The smallest absolute Gasteiger partial charge is 0.272 e. The van der Waals surface area contributed by atoms with Crippen molar-refractivity contribution in [3.8, 4) is 0 Å². The van der Waals surface area contributed by atoms with Crippen LogP contribution in [0.4, 0.5) is 0 Å². The van der Waals surface area contributed by atoms with Crippen LogP contribution in [-0.2, 0) is 4.74 Å². The predicted molar refractivity (Wildman–Crippen MR) is 91.4 cm³/mol. The first-order valence-corrected chi connectivity index (χ1v) is 7.87. The number of ether oxygens (including phenoxy) is 1. The van der Waals surface area contributed by atoms with Crippen LogP contribution < -0.4 is 10.6 Å². The summed E-state index contributed by atoms with van der Waals surface area (Å²) in [6.45, 7) is 2.28. The molecule has 24 heavy (non-hydrogen) atoms. The number of piperidine rings is 1. The number of carbonyl (C=O) groups is 1. The topological polar surface area (TPSA) is 81.3 Å². The number of carbonyl (C=O) groups excluding carboxylic acids is 1. The van der Waals surface area contributed by atoms with E-state index in [0.717, 1.165) is 25.9 Å². The van der Waals surface area contributed by atoms with Crippen LogP contribution in [0.5, 0.6) is 0 Å². The molecule has 2 atom stereocenters. The second-order valence-corrected chi connectivity index (χ2v) is 5.68. The van der Waals surface area contributed by atoms with E-state index in [1.165, 1.54) is 0 Å². The maximum atomic E-state index is 12.4. The van der Waals surface area contributed by atoms with Gasteiger partial charge in [0.1, 0.15) is 17.5 Å². The first kappa shape index (κ1) is 18.5. The van der Waals surface area contributed by atoms with E-state index in [0.29, 0.717) is 24.1 Å². The van der Waals surface area contributed by atoms with Gasteiger partial charge in [0.15, 0.2) is 0 Å². The van der Waals surface area contributed by atoms with Gasteiger partial charge in [0.05, 0.1) is 18.9 Å². The normalized spacial score (nSPS) is 18.6. The molecule has 3 rings (SSSR count). The first-order chi connectivity index (χ1) is 11.3. The van der Waals surface area contributed by atoms with E-state index in [-0.39, 0.29) is 24.4 Å². The molecule has 0 saturated carbocycles. The molecule has 1 fully saturated rings. The molecule has 1 saturated heterocycles. The standard InChI is InChI=1S/C16H22N4O3.ClH/c1-22-11-14(15-5-3-9-23-15)18-16(21)13-6-8-20(19-13)12-4-2-7-17-10-12;/h3,5-6,8-9,12,14,17H,2,4,7,10-11H2,1H3,(H,18,21);1H. The summed E-state index contributed by atoms with van der Waals surface area (Å²) in [5.74, 6) is 0.432. The van der Waals surface area contributed by atoms with Crippen molar-refractivity contribution < 1.29 is 13.9 Å². The lowest BCUT2D eigenvalue weighted by Crippen LogP contribution is -2.33. The summed E-state index contributed by atoms with van der Waals surface area (Å²) in [6, 6.07) is 5.33. The van der Waals surface area contributed by atoms with E-state index in [1.54, 1.807) is 25.5 Å². The van der Waals surface area contributed by atoms with Crippen LogP contribution in [0, 0.1) is 0 Å². The number of nitrogens with one attached hydrogen (secondary N) is 2. The Morgan fingerprint density at radius 3 is 3.12 bits per heavy atom.